The maximum atomic E-state index is 11.4. The summed E-state index contributed by atoms with van der Waals surface area (Å²) in [7, 11) is 0. The first-order valence-electron chi connectivity index (χ1n) is 6.90. The van der Waals surface area contributed by atoms with Crippen LogP contribution < -0.4 is 10.2 Å². The van der Waals surface area contributed by atoms with Crippen molar-refractivity contribution in [1.82, 2.24) is 0 Å². The van der Waals surface area contributed by atoms with Crippen molar-refractivity contribution in [2.45, 2.75) is 19.3 Å². The first-order valence-corrected chi connectivity index (χ1v) is 6.90. The zero-order valence-electron chi connectivity index (χ0n) is 11.4. The van der Waals surface area contributed by atoms with Crippen molar-refractivity contribution < 1.29 is 14.5 Å². The Balaban J connectivity index is 2.00. The Bertz CT molecular complexity index is 629. The number of benzene rings is 1. The number of nitro groups is 1. The Kier molecular flexibility index (Phi) is 3.32. The average Bonchev–Trinajstić information content (AvgIpc) is 2.85. The largest absolute Gasteiger partial charge is 0.365 e. The normalized spacial score (nSPS) is 20.9. The summed E-state index contributed by atoms with van der Waals surface area (Å²) in [5.41, 5.74) is 1.76. The highest BCUT2D eigenvalue weighted by atomic mass is 16.6. The van der Waals surface area contributed by atoms with Crippen LogP contribution in [0.25, 0.3) is 0 Å². The molecule has 0 bridgehead atoms. The zero-order chi connectivity index (χ0) is 15.0. The molecule has 3 rings (SSSR count). The molecule has 1 N–H and O–H groups in total. The standard InChI is InChI=1S/C14H15N3O4/c18-8-9-2-1-3-16(7-9)12-6-11-10(5-14(19)15-11)4-13(12)17(20)21/h4,6,8-9H,1-3,5,7H2,(H,15,19). The van der Waals surface area contributed by atoms with Crippen molar-refractivity contribution in [1.29, 1.82) is 0 Å². The third-order valence-corrected chi connectivity index (χ3v) is 4.01. The van der Waals surface area contributed by atoms with E-state index in [4.69, 9.17) is 0 Å². The highest BCUT2D eigenvalue weighted by Crippen LogP contribution is 2.38. The molecule has 21 heavy (non-hydrogen) atoms. The van der Waals surface area contributed by atoms with Crippen LogP contribution in [0.5, 0.6) is 0 Å². The van der Waals surface area contributed by atoms with Crippen molar-refractivity contribution in [3.8, 4) is 0 Å². The number of rotatable bonds is 3. The van der Waals surface area contributed by atoms with Gasteiger partial charge in [0.1, 0.15) is 12.0 Å². The van der Waals surface area contributed by atoms with Gasteiger partial charge in [0.2, 0.25) is 5.91 Å². The van der Waals surface area contributed by atoms with Crippen LogP contribution >= 0.6 is 0 Å². The van der Waals surface area contributed by atoms with Gasteiger partial charge in [-0.15, -0.1) is 0 Å². The van der Waals surface area contributed by atoms with Gasteiger partial charge in [0.25, 0.3) is 5.69 Å². The monoisotopic (exact) mass is 289 g/mol. The van der Waals surface area contributed by atoms with Gasteiger partial charge in [-0.2, -0.15) is 0 Å². The summed E-state index contributed by atoms with van der Waals surface area (Å²) in [6.07, 6.45) is 2.72. The minimum absolute atomic E-state index is 0.00296. The summed E-state index contributed by atoms with van der Waals surface area (Å²) < 4.78 is 0. The fourth-order valence-electron chi connectivity index (χ4n) is 2.99. The van der Waals surface area contributed by atoms with Gasteiger partial charge in [-0.05, 0) is 24.5 Å². The van der Waals surface area contributed by atoms with Crippen molar-refractivity contribution in [3.05, 3.63) is 27.8 Å². The maximum Gasteiger partial charge on any atom is 0.292 e. The number of carbonyl (C=O) groups excluding carboxylic acids is 2. The Morgan fingerprint density at radius 2 is 2.24 bits per heavy atom. The molecule has 7 heteroatoms. The van der Waals surface area contributed by atoms with Crippen LogP contribution in [0.2, 0.25) is 0 Å². The summed E-state index contributed by atoms with van der Waals surface area (Å²) in [5.74, 6) is -0.248. The fraction of sp³-hybridized carbons (Fsp3) is 0.429. The van der Waals surface area contributed by atoms with Gasteiger partial charge in [0.15, 0.2) is 0 Å². The molecule has 1 aromatic carbocycles. The van der Waals surface area contributed by atoms with Crippen LogP contribution in [0.15, 0.2) is 12.1 Å². The van der Waals surface area contributed by atoms with E-state index in [0.29, 0.717) is 30.0 Å². The van der Waals surface area contributed by atoms with Crippen LogP contribution in [0, 0.1) is 16.0 Å². The Hall–Kier alpha value is -2.44. The highest BCUT2D eigenvalue weighted by Gasteiger charge is 2.29. The molecule has 1 amide bonds. The lowest BCUT2D eigenvalue weighted by Gasteiger charge is -2.31. The molecular formula is C14H15N3O4. The number of hydrogen-bond acceptors (Lipinski definition) is 5. The summed E-state index contributed by atoms with van der Waals surface area (Å²) in [6.45, 7) is 1.16. The van der Waals surface area contributed by atoms with E-state index >= 15 is 0 Å². The molecule has 2 aliphatic rings. The Labute approximate surface area is 121 Å². The van der Waals surface area contributed by atoms with E-state index in [1.165, 1.54) is 6.07 Å². The minimum Gasteiger partial charge on any atom is -0.365 e. The summed E-state index contributed by atoms with van der Waals surface area (Å²) in [4.78, 5) is 35.1. The van der Waals surface area contributed by atoms with E-state index in [2.05, 4.69) is 5.32 Å². The lowest BCUT2D eigenvalue weighted by atomic mass is 9.98. The summed E-state index contributed by atoms with van der Waals surface area (Å²) in [6, 6.07) is 3.12. The van der Waals surface area contributed by atoms with Crippen LogP contribution in [0.1, 0.15) is 18.4 Å². The van der Waals surface area contributed by atoms with Gasteiger partial charge in [0.05, 0.1) is 11.3 Å². The van der Waals surface area contributed by atoms with Crippen LogP contribution in [0.3, 0.4) is 0 Å². The third-order valence-electron chi connectivity index (χ3n) is 4.01. The van der Waals surface area contributed by atoms with Gasteiger partial charge in [0, 0.05) is 30.8 Å². The van der Waals surface area contributed by atoms with Gasteiger partial charge in [-0.25, -0.2) is 0 Å². The number of piperidine rings is 1. The van der Waals surface area contributed by atoms with Gasteiger partial charge in [-0.1, -0.05) is 0 Å². The van der Waals surface area contributed by atoms with E-state index < -0.39 is 4.92 Å². The smallest absolute Gasteiger partial charge is 0.292 e. The van der Waals surface area contributed by atoms with Gasteiger partial charge >= 0.3 is 0 Å². The van der Waals surface area contributed by atoms with Crippen LogP contribution in [0.4, 0.5) is 17.1 Å². The van der Waals surface area contributed by atoms with E-state index in [1.807, 2.05) is 4.90 Å². The topological polar surface area (TPSA) is 92.6 Å². The number of aldehydes is 1. The van der Waals surface area contributed by atoms with Gasteiger partial charge < -0.3 is 15.0 Å². The molecule has 0 spiro atoms. The number of nitrogens with one attached hydrogen (secondary N) is 1. The number of carbonyl (C=O) groups is 2. The second-order valence-corrected chi connectivity index (χ2v) is 5.46. The summed E-state index contributed by atoms with van der Waals surface area (Å²) >= 11 is 0. The van der Waals surface area contributed by atoms with Crippen molar-refractivity contribution in [2.24, 2.45) is 5.92 Å². The maximum absolute atomic E-state index is 11.4. The number of anilines is 2. The molecule has 110 valence electrons. The molecule has 1 aromatic rings. The summed E-state index contributed by atoms with van der Waals surface area (Å²) in [5, 5.41) is 14.0. The zero-order valence-corrected chi connectivity index (χ0v) is 11.4. The minimum atomic E-state index is -0.428. The highest BCUT2D eigenvalue weighted by molar-refractivity contribution is 6.00. The van der Waals surface area contributed by atoms with E-state index in [1.54, 1.807) is 6.07 Å². The van der Waals surface area contributed by atoms with E-state index in [0.717, 1.165) is 19.1 Å². The molecule has 0 saturated carbocycles. The van der Waals surface area contributed by atoms with Crippen molar-refractivity contribution in [3.63, 3.8) is 0 Å². The molecule has 0 aromatic heterocycles. The molecule has 0 aliphatic carbocycles. The fourth-order valence-corrected chi connectivity index (χ4v) is 2.99. The van der Waals surface area contributed by atoms with E-state index in [-0.39, 0.29) is 23.9 Å². The molecule has 7 nitrogen and oxygen atoms in total. The van der Waals surface area contributed by atoms with E-state index in [9.17, 15) is 19.7 Å². The molecule has 1 saturated heterocycles. The number of nitrogens with zero attached hydrogens (tertiary/aromatic N) is 2. The first kappa shape index (κ1) is 13.5. The second kappa shape index (κ2) is 5.16. The lowest BCUT2D eigenvalue weighted by molar-refractivity contribution is -0.384. The van der Waals surface area contributed by atoms with Crippen LogP contribution in [-0.2, 0) is 16.0 Å². The molecule has 2 heterocycles. The predicted molar refractivity (Wildman–Crippen MR) is 76.4 cm³/mol. The predicted octanol–water partition coefficient (Wildman–Crippen LogP) is 1.50. The molecule has 0 radical (unpaired) electrons. The number of nitro benzene ring substituents is 1. The average molecular weight is 289 g/mol. The quantitative estimate of drug-likeness (QED) is 0.517. The molecule has 2 aliphatic heterocycles. The number of hydrogen-bond donors (Lipinski definition) is 1. The molecule has 1 unspecified atom stereocenters. The number of fused-ring (bicyclic) bond motifs is 1. The second-order valence-electron chi connectivity index (χ2n) is 5.46. The Morgan fingerprint density at radius 1 is 1.43 bits per heavy atom. The van der Waals surface area contributed by atoms with Crippen LogP contribution in [-0.4, -0.2) is 30.2 Å². The van der Waals surface area contributed by atoms with Crippen molar-refractivity contribution >= 4 is 29.3 Å². The number of amides is 1. The van der Waals surface area contributed by atoms with Crippen molar-refractivity contribution in [2.75, 3.05) is 23.3 Å². The molecule has 1 atom stereocenters. The molecule has 1 fully saturated rings. The molecular weight excluding hydrogens is 274 g/mol. The third kappa shape index (κ3) is 2.46. The first-order chi connectivity index (χ1) is 10.1. The van der Waals surface area contributed by atoms with Gasteiger partial charge in [-0.3, -0.25) is 14.9 Å². The SMILES string of the molecule is O=CC1CCCN(c2cc3c(cc2[N+](=O)[O-])CC(=O)N3)C1. The Morgan fingerprint density at radius 3 is 2.95 bits per heavy atom. The lowest BCUT2D eigenvalue weighted by Crippen LogP contribution is -2.36.